The molecule has 0 unspecified atom stereocenters. The lowest BCUT2D eigenvalue weighted by Crippen LogP contribution is -2.13. The molecule has 25 heavy (non-hydrogen) atoms. The Kier molecular flexibility index (Phi) is 6.95. The third kappa shape index (κ3) is 5.03. The summed E-state index contributed by atoms with van der Waals surface area (Å²) in [5.74, 6) is -0.423. The van der Waals surface area contributed by atoms with Gasteiger partial charge in [0.05, 0.1) is 12.2 Å². The predicted molar refractivity (Wildman–Crippen MR) is 102 cm³/mol. The first kappa shape index (κ1) is 18.9. The zero-order valence-electron chi connectivity index (χ0n) is 14.6. The number of carbonyl (C=O) groups is 2. The number of carbonyl (C=O) groups excluding carboxylic acids is 2. The quantitative estimate of drug-likeness (QED) is 0.535. The van der Waals surface area contributed by atoms with E-state index in [1.807, 2.05) is 24.3 Å². The van der Waals surface area contributed by atoms with Crippen LogP contribution in [0.1, 0.15) is 53.4 Å². The number of benzene rings is 1. The fourth-order valence-electron chi connectivity index (χ4n) is 2.41. The van der Waals surface area contributed by atoms with Crippen LogP contribution < -0.4 is 5.32 Å². The fraction of sp³-hybridized carbons (Fsp3) is 0.300. The van der Waals surface area contributed by atoms with Crippen LogP contribution in [-0.4, -0.2) is 18.5 Å². The maximum Gasteiger partial charge on any atom is 0.341 e. The first-order chi connectivity index (χ1) is 12.1. The lowest BCUT2D eigenvalue weighted by Gasteiger charge is -2.09. The van der Waals surface area contributed by atoms with Crippen LogP contribution in [-0.2, 0) is 9.53 Å². The van der Waals surface area contributed by atoms with Crippen molar-refractivity contribution in [2.45, 2.75) is 32.6 Å². The molecule has 0 aliphatic rings. The van der Waals surface area contributed by atoms with Crippen molar-refractivity contribution in [3.8, 4) is 0 Å². The molecule has 0 spiro atoms. The van der Waals surface area contributed by atoms with Crippen molar-refractivity contribution in [2.24, 2.45) is 0 Å². The lowest BCUT2D eigenvalue weighted by atomic mass is 9.99. The second-order valence-electron chi connectivity index (χ2n) is 5.62. The van der Waals surface area contributed by atoms with Crippen molar-refractivity contribution in [2.75, 3.05) is 11.9 Å². The largest absolute Gasteiger partial charge is 0.462 e. The molecule has 0 bridgehead atoms. The van der Waals surface area contributed by atoms with Crippen LogP contribution in [0.25, 0.3) is 0 Å². The number of ether oxygens (including phenoxy) is 1. The minimum Gasteiger partial charge on any atom is -0.462 e. The molecule has 0 saturated carbocycles. The highest BCUT2D eigenvalue weighted by atomic mass is 32.1. The van der Waals surface area contributed by atoms with Crippen LogP contribution in [0.5, 0.6) is 0 Å². The second kappa shape index (κ2) is 9.18. The van der Waals surface area contributed by atoms with Gasteiger partial charge in [0.1, 0.15) is 5.00 Å². The van der Waals surface area contributed by atoms with Crippen molar-refractivity contribution in [3.63, 3.8) is 0 Å². The van der Waals surface area contributed by atoms with Crippen molar-refractivity contribution in [3.05, 3.63) is 65.1 Å². The first-order valence-electron chi connectivity index (χ1n) is 8.33. The highest BCUT2D eigenvalue weighted by Gasteiger charge is 2.21. The van der Waals surface area contributed by atoms with Gasteiger partial charge in [-0.05, 0) is 25.0 Å². The lowest BCUT2D eigenvalue weighted by molar-refractivity contribution is -0.116. The molecule has 5 heteroatoms. The zero-order chi connectivity index (χ0) is 18.2. The third-order valence-corrected chi connectivity index (χ3v) is 5.03. The minimum absolute atomic E-state index is 0.123. The van der Waals surface area contributed by atoms with Gasteiger partial charge in [0.2, 0.25) is 5.91 Å². The number of thiophene rings is 1. The van der Waals surface area contributed by atoms with Crippen molar-refractivity contribution in [1.82, 2.24) is 0 Å². The average molecular weight is 357 g/mol. The topological polar surface area (TPSA) is 55.4 Å². The molecular weight excluding hydrogens is 334 g/mol. The van der Waals surface area contributed by atoms with Gasteiger partial charge >= 0.3 is 5.97 Å². The summed E-state index contributed by atoms with van der Waals surface area (Å²) < 4.78 is 5.13. The third-order valence-electron chi connectivity index (χ3n) is 3.80. The summed E-state index contributed by atoms with van der Waals surface area (Å²) >= 11 is 1.42. The van der Waals surface area contributed by atoms with Gasteiger partial charge in [-0.25, -0.2) is 4.79 Å². The van der Waals surface area contributed by atoms with E-state index in [9.17, 15) is 9.59 Å². The predicted octanol–water partition coefficient (Wildman–Crippen LogP) is 4.98. The number of hydrogen-bond acceptors (Lipinski definition) is 4. The molecule has 1 atom stereocenters. The molecular formula is C20H23NO3S. The number of rotatable bonds is 8. The standard InChI is InChI=1S/C20H23NO3S/c1-4-6-12-18(22)21-19-16(20(23)24-5-2)13-17(25-19)14(3)15-10-8-7-9-11-15/h4,7-11,13-14H,1,5-6,12H2,2-3H3,(H,21,22)/t14-/m1/s1. The van der Waals surface area contributed by atoms with E-state index in [0.29, 0.717) is 30.0 Å². The molecule has 0 fully saturated rings. The van der Waals surface area contributed by atoms with Crippen molar-refractivity contribution in [1.29, 1.82) is 0 Å². The van der Waals surface area contributed by atoms with E-state index in [0.717, 1.165) is 10.4 Å². The van der Waals surface area contributed by atoms with Gasteiger partial charge in [-0.3, -0.25) is 4.79 Å². The number of nitrogens with one attached hydrogen (secondary N) is 1. The van der Waals surface area contributed by atoms with Crippen LogP contribution in [0.2, 0.25) is 0 Å². The summed E-state index contributed by atoms with van der Waals surface area (Å²) in [4.78, 5) is 25.3. The zero-order valence-corrected chi connectivity index (χ0v) is 15.4. The summed E-state index contributed by atoms with van der Waals surface area (Å²) in [6, 6.07) is 11.9. The van der Waals surface area contributed by atoms with Crippen LogP contribution in [0.3, 0.4) is 0 Å². The maximum absolute atomic E-state index is 12.3. The number of anilines is 1. The highest BCUT2D eigenvalue weighted by Crippen LogP contribution is 2.36. The SMILES string of the molecule is C=CCCC(=O)Nc1sc([C@H](C)c2ccccc2)cc1C(=O)OCC. The van der Waals surface area contributed by atoms with Crippen LogP contribution >= 0.6 is 11.3 Å². The van der Waals surface area contributed by atoms with E-state index in [2.05, 4.69) is 31.0 Å². The smallest absolute Gasteiger partial charge is 0.341 e. The van der Waals surface area contributed by atoms with Gasteiger partial charge in [-0.2, -0.15) is 0 Å². The Labute approximate surface area is 152 Å². The summed E-state index contributed by atoms with van der Waals surface area (Å²) in [6.07, 6.45) is 2.63. The Bertz CT molecular complexity index is 737. The number of hydrogen-bond donors (Lipinski definition) is 1. The van der Waals surface area contributed by atoms with E-state index >= 15 is 0 Å². The Balaban J connectivity index is 2.29. The molecule has 0 radical (unpaired) electrons. The molecule has 0 aliphatic carbocycles. The molecule has 1 amide bonds. The van der Waals surface area contributed by atoms with Crippen LogP contribution in [0.15, 0.2) is 49.1 Å². The van der Waals surface area contributed by atoms with E-state index in [1.54, 1.807) is 13.0 Å². The van der Waals surface area contributed by atoms with Crippen molar-refractivity contribution < 1.29 is 14.3 Å². The maximum atomic E-state index is 12.3. The van der Waals surface area contributed by atoms with Gasteiger partial charge in [0, 0.05) is 17.2 Å². The molecule has 4 nitrogen and oxygen atoms in total. The molecule has 0 saturated heterocycles. The summed E-state index contributed by atoms with van der Waals surface area (Å²) in [7, 11) is 0. The fourth-order valence-corrected chi connectivity index (χ4v) is 3.55. The molecule has 1 N–H and O–H groups in total. The molecule has 0 aliphatic heterocycles. The second-order valence-corrected chi connectivity index (χ2v) is 6.70. The number of esters is 1. The molecule has 2 rings (SSSR count). The summed E-state index contributed by atoms with van der Waals surface area (Å²) in [5, 5.41) is 3.39. The highest BCUT2D eigenvalue weighted by molar-refractivity contribution is 7.16. The Morgan fingerprint density at radius 3 is 2.68 bits per heavy atom. The van der Waals surface area contributed by atoms with Crippen LogP contribution in [0.4, 0.5) is 5.00 Å². The summed E-state index contributed by atoms with van der Waals surface area (Å²) in [6.45, 7) is 7.76. The van der Waals surface area contributed by atoms with Crippen LogP contribution in [0, 0.1) is 0 Å². The number of allylic oxidation sites excluding steroid dienone is 1. The van der Waals surface area contributed by atoms with E-state index in [-0.39, 0.29) is 11.8 Å². The molecule has 1 aromatic carbocycles. The van der Waals surface area contributed by atoms with Crippen molar-refractivity contribution >= 4 is 28.2 Å². The monoisotopic (exact) mass is 357 g/mol. The molecule has 1 aromatic heterocycles. The van der Waals surface area contributed by atoms with Gasteiger partial charge in [-0.15, -0.1) is 17.9 Å². The summed E-state index contributed by atoms with van der Waals surface area (Å²) in [5.41, 5.74) is 1.57. The van der Waals surface area contributed by atoms with E-state index in [1.165, 1.54) is 11.3 Å². The average Bonchev–Trinajstić information content (AvgIpc) is 3.04. The minimum atomic E-state index is -0.413. The Morgan fingerprint density at radius 1 is 1.32 bits per heavy atom. The van der Waals surface area contributed by atoms with Gasteiger partial charge in [0.15, 0.2) is 0 Å². The van der Waals surface area contributed by atoms with E-state index < -0.39 is 5.97 Å². The first-order valence-corrected chi connectivity index (χ1v) is 9.15. The van der Waals surface area contributed by atoms with Gasteiger partial charge in [0.25, 0.3) is 0 Å². The van der Waals surface area contributed by atoms with Gasteiger partial charge < -0.3 is 10.1 Å². The number of amides is 1. The van der Waals surface area contributed by atoms with E-state index in [4.69, 9.17) is 4.74 Å². The molecule has 2 aromatic rings. The molecule has 132 valence electrons. The normalized spacial score (nSPS) is 11.6. The Hall–Kier alpha value is -2.40. The molecule has 1 heterocycles. The Morgan fingerprint density at radius 2 is 2.04 bits per heavy atom. The van der Waals surface area contributed by atoms with Gasteiger partial charge in [-0.1, -0.05) is 43.3 Å².